The molecule has 2 N–H and O–H groups in total. The zero-order valence-corrected chi connectivity index (χ0v) is 18.1. The van der Waals surface area contributed by atoms with Gasteiger partial charge in [0.25, 0.3) is 0 Å². The first-order chi connectivity index (χ1) is 13.9. The molecule has 1 atom stereocenters. The van der Waals surface area contributed by atoms with Crippen LogP contribution < -0.4 is 10.6 Å². The summed E-state index contributed by atoms with van der Waals surface area (Å²) in [4.78, 5) is 30.1. The maximum atomic E-state index is 12.5. The minimum atomic E-state index is -0.429. The Kier molecular flexibility index (Phi) is 4.90. The van der Waals surface area contributed by atoms with Crippen molar-refractivity contribution in [2.24, 2.45) is 22.7 Å². The van der Waals surface area contributed by atoms with E-state index < -0.39 is 5.25 Å². The second kappa shape index (κ2) is 7.31. The summed E-state index contributed by atoms with van der Waals surface area (Å²) in [5, 5.41) is 6.72. The molecule has 4 saturated carbocycles. The van der Waals surface area contributed by atoms with Crippen LogP contribution in [0.3, 0.4) is 0 Å². The van der Waals surface area contributed by atoms with Crippen molar-refractivity contribution in [2.75, 3.05) is 5.32 Å². The minimum absolute atomic E-state index is 0.0272. The number of thioether (sulfide) groups is 1. The van der Waals surface area contributed by atoms with E-state index in [0.29, 0.717) is 15.9 Å². The number of halogens is 1. The van der Waals surface area contributed by atoms with Crippen molar-refractivity contribution in [2.45, 2.75) is 62.7 Å². The van der Waals surface area contributed by atoms with E-state index in [-0.39, 0.29) is 23.8 Å². The van der Waals surface area contributed by atoms with Crippen LogP contribution in [0.5, 0.6) is 0 Å². The van der Waals surface area contributed by atoms with Crippen LogP contribution in [0, 0.1) is 24.7 Å². The summed E-state index contributed by atoms with van der Waals surface area (Å²) >= 11 is 7.54. The summed E-state index contributed by atoms with van der Waals surface area (Å²) in [5.41, 5.74) is 1.54. The first kappa shape index (κ1) is 19.4. The van der Waals surface area contributed by atoms with Gasteiger partial charge in [-0.25, -0.2) is 0 Å². The van der Waals surface area contributed by atoms with E-state index >= 15 is 0 Å². The molecule has 2 amide bonds. The Morgan fingerprint density at radius 1 is 1.24 bits per heavy atom. The number of rotatable bonds is 4. The Morgan fingerprint density at radius 2 is 1.90 bits per heavy atom. The van der Waals surface area contributed by atoms with Gasteiger partial charge in [0.05, 0.1) is 5.54 Å². The Morgan fingerprint density at radius 3 is 2.55 bits per heavy atom. The number of anilines is 1. The molecular weight excluding hydrogens is 406 g/mol. The number of benzene rings is 1. The van der Waals surface area contributed by atoms with Crippen molar-refractivity contribution >= 4 is 46.0 Å². The molecule has 5 aliphatic rings. The van der Waals surface area contributed by atoms with Crippen molar-refractivity contribution in [3.05, 3.63) is 28.8 Å². The number of hydrogen-bond acceptors (Lipinski definition) is 4. The normalized spacial score (nSPS) is 36.5. The number of amides is 2. The molecular formula is C22H26ClN3O2S. The van der Waals surface area contributed by atoms with Crippen molar-refractivity contribution < 1.29 is 9.59 Å². The van der Waals surface area contributed by atoms with Crippen molar-refractivity contribution in [3.63, 3.8) is 0 Å². The summed E-state index contributed by atoms with van der Waals surface area (Å²) in [6.07, 6.45) is 7.73. The standard InChI is InChI=1S/C22H26ClN3O2S/c1-12-16(23)3-2-4-17(12)24-19(27)8-18-20(28)25-21(29-18)26-22-9-13-5-14(10-22)7-15(6-13)11-22/h2-4,13-15,18H,5-11H2,1H3,(H,24,27)(H,25,26,28). The quantitative estimate of drug-likeness (QED) is 0.735. The van der Waals surface area contributed by atoms with Gasteiger partial charge in [0.2, 0.25) is 11.8 Å². The number of carbonyl (C=O) groups is 2. The molecule has 1 aromatic rings. The first-order valence-electron chi connectivity index (χ1n) is 10.5. The van der Waals surface area contributed by atoms with Gasteiger partial charge in [-0.3, -0.25) is 14.6 Å². The molecule has 0 aromatic heterocycles. The van der Waals surface area contributed by atoms with Crippen molar-refractivity contribution in [1.82, 2.24) is 5.32 Å². The predicted octanol–water partition coefficient (Wildman–Crippen LogP) is 4.53. The third kappa shape index (κ3) is 3.81. The van der Waals surface area contributed by atoms with Crippen molar-refractivity contribution in [3.8, 4) is 0 Å². The molecule has 1 heterocycles. The maximum Gasteiger partial charge on any atom is 0.240 e. The summed E-state index contributed by atoms with van der Waals surface area (Å²) in [6.45, 7) is 1.87. The average molecular weight is 432 g/mol. The Balaban J connectivity index is 1.24. The molecule has 1 unspecified atom stereocenters. The molecule has 0 spiro atoms. The number of aliphatic imine (C=N–C) groups is 1. The lowest BCUT2D eigenvalue weighted by Crippen LogP contribution is -2.50. The smallest absolute Gasteiger partial charge is 0.240 e. The van der Waals surface area contributed by atoms with E-state index in [2.05, 4.69) is 10.6 Å². The fraction of sp³-hybridized carbons (Fsp3) is 0.591. The Labute approximate surface area is 180 Å². The minimum Gasteiger partial charge on any atom is -0.326 e. The monoisotopic (exact) mass is 431 g/mol. The van der Waals surface area contributed by atoms with Gasteiger partial charge in [-0.15, -0.1) is 0 Å². The molecule has 154 valence electrons. The Hall–Kier alpha value is -1.53. The van der Waals surface area contributed by atoms with E-state index in [1.165, 1.54) is 50.3 Å². The average Bonchev–Trinajstić information content (AvgIpc) is 2.96. The van der Waals surface area contributed by atoms with Crippen LogP contribution in [0.2, 0.25) is 5.02 Å². The molecule has 4 bridgehead atoms. The van der Waals surface area contributed by atoms with Crippen molar-refractivity contribution in [1.29, 1.82) is 0 Å². The zero-order valence-electron chi connectivity index (χ0n) is 16.5. The van der Waals surface area contributed by atoms with E-state index in [1.54, 1.807) is 12.1 Å². The fourth-order valence-electron chi connectivity index (χ4n) is 6.12. The molecule has 4 aliphatic carbocycles. The van der Waals surface area contributed by atoms with Crippen LogP contribution in [0.25, 0.3) is 0 Å². The largest absolute Gasteiger partial charge is 0.326 e. The van der Waals surface area contributed by atoms with Gasteiger partial charge in [-0.1, -0.05) is 29.4 Å². The number of nitrogens with zero attached hydrogens (tertiary/aromatic N) is 1. The van der Waals surface area contributed by atoms with Crippen LogP contribution in [0.1, 0.15) is 50.5 Å². The summed E-state index contributed by atoms with van der Waals surface area (Å²) in [6, 6.07) is 5.42. The predicted molar refractivity (Wildman–Crippen MR) is 117 cm³/mol. The lowest BCUT2D eigenvalue weighted by atomic mass is 9.53. The maximum absolute atomic E-state index is 12.5. The molecule has 5 nitrogen and oxygen atoms in total. The molecule has 1 aliphatic heterocycles. The molecule has 5 fully saturated rings. The molecule has 29 heavy (non-hydrogen) atoms. The summed E-state index contributed by atoms with van der Waals surface area (Å²) < 4.78 is 0. The molecule has 1 aromatic carbocycles. The number of nitrogens with one attached hydrogen (secondary N) is 2. The lowest BCUT2D eigenvalue weighted by molar-refractivity contribution is -0.122. The van der Waals surface area contributed by atoms with Gasteiger partial charge < -0.3 is 10.6 Å². The molecule has 0 radical (unpaired) electrons. The van der Waals surface area contributed by atoms with E-state index in [9.17, 15) is 9.59 Å². The third-order valence-electron chi connectivity index (χ3n) is 7.03. The molecule has 1 saturated heterocycles. The van der Waals surface area contributed by atoms with Crippen LogP contribution >= 0.6 is 23.4 Å². The van der Waals surface area contributed by atoms with Gasteiger partial charge in [-0.2, -0.15) is 0 Å². The van der Waals surface area contributed by atoms with Gasteiger partial charge in [0.1, 0.15) is 5.25 Å². The highest BCUT2D eigenvalue weighted by atomic mass is 35.5. The lowest BCUT2D eigenvalue weighted by Gasteiger charge is -2.55. The van der Waals surface area contributed by atoms with Crippen LogP contribution in [-0.4, -0.2) is 27.8 Å². The highest BCUT2D eigenvalue weighted by Gasteiger charge is 2.51. The van der Waals surface area contributed by atoms with Gasteiger partial charge in [-0.05, 0) is 80.9 Å². The summed E-state index contributed by atoms with van der Waals surface area (Å²) in [7, 11) is 0. The van der Waals surface area contributed by atoms with Gasteiger partial charge in [0, 0.05) is 17.1 Å². The molecule has 6 rings (SSSR count). The molecule has 7 heteroatoms. The first-order valence-corrected chi connectivity index (χ1v) is 11.8. The summed E-state index contributed by atoms with van der Waals surface area (Å²) in [5.74, 6) is 2.15. The van der Waals surface area contributed by atoms with Crippen LogP contribution in [0.4, 0.5) is 5.69 Å². The number of hydrogen-bond donors (Lipinski definition) is 2. The third-order valence-corrected chi connectivity index (χ3v) is 8.52. The highest BCUT2D eigenvalue weighted by Crippen LogP contribution is 2.57. The Bertz CT molecular complexity index is 865. The second-order valence-corrected chi connectivity index (χ2v) is 10.9. The van der Waals surface area contributed by atoms with Crippen LogP contribution in [0.15, 0.2) is 23.2 Å². The topological polar surface area (TPSA) is 70.6 Å². The van der Waals surface area contributed by atoms with E-state index in [0.717, 1.165) is 23.3 Å². The second-order valence-electron chi connectivity index (χ2n) is 9.32. The van der Waals surface area contributed by atoms with E-state index in [4.69, 9.17) is 16.6 Å². The highest BCUT2D eigenvalue weighted by molar-refractivity contribution is 8.15. The zero-order chi connectivity index (χ0) is 20.2. The fourth-order valence-corrected chi connectivity index (χ4v) is 7.37. The van der Waals surface area contributed by atoms with E-state index in [1.807, 2.05) is 13.0 Å². The number of amidine groups is 1. The van der Waals surface area contributed by atoms with Gasteiger partial charge in [0.15, 0.2) is 5.17 Å². The van der Waals surface area contributed by atoms with Gasteiger partial charge >= 0.3 is 0 Å². The SMILES string of the molecule is Cc1c(Cl)cccc1NC(=O)CC1SC(=NC23CC4CC(CC(C4)C2)C3)NC1=O. The number of carbonyl (C=O) groups excluding carboxylic acids is 2. The van der Waals surface area contributed by atoms with Crippen LogP contribution in [-0.2, 0) is 9.59 Å².